The number of carbonyl (C=O) groups excluding carboxylic acids is 1. The predicted octanol–water partition coefficient (Wildman–Crippen LogP) is -0.103. The molecule has 0 aromatic heterocycles. The van der Waals surface area contributed by atoms with E-state index in [0.29, 0.717) is 24.3 Å². The van der Waals surface area contributed by atoms with Crippen molar-refractivity contribution in [2.45, 2.75) is 12.5 Å². The average molecular weight is 166 g/mol. The smallest absolute Gasteiger partial charge is 0.224 e. The summed E-state index contributed by atoms with van der Waals surface area (Å²) in [6.07, 6.45) is 2.09. The molecule has 2 aliphatic rings. The molecule has 12 heavy (non-hydrogen) atoms. The lowest BCUT2D eigenvalue weighted by atomic mass is 10.3. The number of hydrogen-bond donors (Lipinski definition) is 2. The highest BCUT2D eigenvalue weighted by Crippen LogP contribution is 2.41. The molecule has 1 heterocycles. The molecule has 0 spiro atoms. The highest BCUT2D eigenvalue weighted by molar-refractivity contribution is 5.78. The minimum Gasteiger partial charge on any atom is -0.352 e. The van der Waals surface area contributed by atoms with E-state index in [0.717, 1.165) is 13.1 Å². The number of hydrogen-bond acceptors (Lipinski definition) is 2. The summed E-state index contributed by atoms with van der Waals surface area (Å²) in [6, 6.07) is 0.457. The molecule has 2 N–H and O–H groups in total. The minimum atomic E-state index is 0.115. The number of nitrogens with one attached hydrogen (secondary N) is 2. The molecule has 3 heteroatoms. The van der Waals surface area contributed by atoms with Gasteiger partial charge in [0.25, 0.3) is 0 Å². The maximum atomic E-state index is 11.1. The topological polar surface area (TPSA) is 41.1 Å². The summed E-state index contributed by atoms with van der Waals surface area (Å²) in [7, 11) is 0. The molecular weight excluding hydrogens is 152 g/mol. The van der Waals surface area contributed by atoms with E-state index in [4.69, 9.17) is 0 Å². The van der Waals surface area contributed by atoms with Crippen LogP contribution in [0, 0.1) is 11.8 Å². The molecule has 0 aromatic carbocycles. The van der Waals surface area contributed by atoms with Crippen LogP contribution in [-0.2, 0) is 4.79 Å². The van der Waals surface area contributed by atoms with Crippen LogP contribution in [-0.4, -0.2) is 25.0 Å². The molecule has 2 rings (SSSR count). The van der Waals surface area contributed by atoms with Crippen LogP contribution in [0.15, 0.2) is 12.7 Å². The molecule has 1 saturated heterocycles. The van der Waals surface area contributed by atoms with E-state index in [-0.39, 0.29) is 5.91 Å². The summed E-state index contributed by atoms with van der Waals surface area (Å²) >= 11 is 0. The minimum absolute atomic E-state index is 0.115. The first-order valence-corrected chi connectivity index (χ1v) is 4.44. The van der Waals surface area contributed by atoms with E-state index >= 15 is 0 Å². The third-order valence-corrected chi connectivity index (χ3v) is 2.75. The number of rotatable bonds is 3. The fourth-order valence-corrected chi connectivity index (χ4v) is 2.01. The molecule has 66 valence electrons. The highest BCUT2D eigenvalue weighted by atomic mass is 16.1. The van der Waals surface area contributed by atoms with E-state index in [1.54, 1.807) is 6.08 Å². The van der Waals surface area contributed by atoms with Crippen molar-refractivity contribution in [2.75, 3.05) is 13.1 Å². The van der Waals surface area contributed by atoms with Gasteiger partial charge in [0.1, 0.15) is 0 Å². The maximum Gasteiger partial charge on any atom is 0.224 e. The zero-order valence-corrected chi connectivity index (χ0v) is 7.05. The van der Waals surface area contributed by atoms with Crippen LogP contribution in [0.25, 0.3) is 0 Å². The van der Waals surface area contributed by atoms with E-state index < -0.39 is 0 Å². The van der Waals surface area contributed by atoms with Gasteiger partial charge in [-0.15, -0.1) is 6.58 Å². The van der Waals surface area contributed by atoms with E-state index in [1.165, 1.54) is 0 Å². The van der Waals surface area contributed by atoms with Gasteiger partial charge in [0.05, 0.1) is 0 Å². The van der Waals surface area contributed by atoms with Gasteiger partial charge in [-0.2, -0.15) is 0 Å². The lowest BCUT2D eigenvalue weighted by molar-refractivity contribution is -0.120. The van der Waals surface area contributed by atoms with Gasteiger partial charge in [-0.1, -0.05) is 6.08 Å². The second-order valence-electron chi connectivity index (χ2n) is 3.57. The first kappa shape index (κ1) is 7.80. The molecule has 0 bridgehead atoms. The van der Waals surface area contributed by atoms with Gasteiger partial charge in [-0.3, -0.25) is 4.79 Å². The largest absolute Gasteiger partial charge is 0.352 e. The molecular formula is C9H14N2O. The number of piperidine rings is 1. The first-order valence-electron chi connectivity index (χ1n) is 4.44. The Labute approximate surface area is 72.2 Å². The normalized spacial score (nSPS) is 37.2. The van der Waals surface area contributed by atoms with Gasteiger partial charge in [-0.25, -0.2) is 0 Å². The van der Waals surface area contributed by atoms with Crippen LogP contribution in [0.3, 0.4) is 0 Å². The third kappa shape index (κ3) is 1.25. The van der Waals surface area contributed by atoms with Crippen molar-refractivity contribution < 1.29 is 4.79 Å². The van der Waals surface area contributed by atoms with Crippen LogP contribution in [0.5, 0.6) is 0 Å². The number of amides is 1. The van der Waals surface area contributed by atoms with Crippen LogP contribution in [0.1, 0.15) is 6.42 Å². The third-order valence-electron chi connectivity index (χ3n) is 2.75. The zero-order valence-electron chi connectivity index (χ0n) is 7.05. The number of carbonyl (C=O) groups is 1. The Hall–Kier alpha value is -0.830. The summed E-state index contributed by atoms with van der Waals surface area (Å²) in [5, 5.41) is 6.29. The van der Waals surface area contributed by atoms with Crippen molar-refractivity contribution in [3.8, 4) is 0 Å². The second-order valence-corrected chi connectivity index (χ2v) is 3.57. The highest BCUT2D eigenvalue weighted by Gasteiger charge is 2.53. The maximum absolute atomic E-state index is 11.1. The molecule has 0 radical (unpaired) electrons. The predicted molar refractivity (Wildman–Crippen MR) is 46.6 cm³/mol. The van der Waals surface area contributed by atoms with Gasteiger partial charge in [0.2, 0.25) is 5.91 Å². The SMILES string of the molecule is C=CCC(=O)NC1C2CNCC21. The van der Waals surface area contributed by atoms with E-state index in [9.17, 15) is 4.79 Å². The van der Waals surface area contributed by atoms with Crippen LogP contribution in [0.4, 0.5) is 0 Å². The molecule has 2 fully saturated rings. The Morgan fingerprint density at radius 2 is 2.25 bits per heavy atom. The van der Waals surface area contributed by atoms with Crippen LogP contribution >= 0.6 is 0 Å². The Bertz CT molecular complexity index is 205. The quantitative estimate of drug-likeness (QED) is 0.575. The summed E-state index contributed by atoms with van der Waals surface area (Å²) in [5.41, 5.74) is 0. The van der Waals surface area contributed by atoms with Gasteiger partial charge in [0.15, 0.2) is 0 Å². The Morgan fingerprint density at radius 1 is 1.58 bits per heavy atom. The van der Waals surface area contributed by atoms with E-state index in [1.807, 2.05) is 0 Å². The standard InChI is InChI=1S/C9H14N2O/c1-2-3-8(12)11-9-6-4-10-5-7(6)9/h2,6-7,9-10H,1,3-5H2,(H,11,12). The average Bonchev–Trinajstić information content (AvgIpc) is 2.51. The Morgan fingerprint density at radius 3 is 2.83 bits per heavy atom. The summed E-state index contributed by atoms with van der Waals surface area (Å²) in [5.74, 6) is 1.53. The molecule has 1 amide bonds. The van der Waals surface area contributed by atoms with Gasteiger partial charge in [-0.05, 0) is 11.8 Å². The Kier molecular flexibility index (Phi) is 1.89. The van der Waals surface area contributed by atoms with Crippen molar-refractivity contribution in [3.63, 3.8) is 0 Å². The zero-order chi connectivity index (χ0) is 8.55. The first-order chi connectivity index (χ1) is 5.83. The fraction of sp³-hybridized carbons (Fsp3) is 0.667. The summed E-state index contributed by atoms with van der Waals surface area (Å²) in [4.78, 5) is 11.1. The molecule has 2 atom stereocenters. The van der Waals surface area contributed by atoms with Crippen LogP contribution in [0.2, 0.25) is 0 Å². The molecule has 2 unspecified atom stereocenters. The van der Waals surface area contributed by atoms with Crippen LogP contribution < -0.4 is 10.6 Å². The Balaban J connectivity index is 1.75. The fourth-order valence-electron chi connectivity index (χ4n) is 2.01. The molecule has 1 aliphatic carbocycles. The second kappa shape index (κ2) is 2.90. The molecule has 3 nitrogen and oxygen atoms in total. The van der Waals surface area contributed by atoms with Crippen molar-refractivity contribution >= 4 is 5.91 Å². The molecule has 1 aliphatic heterocycles. The lowest BCUT2D eigenvalue weighted by Gasteiger charge is -2.05. The van der Waals surface area contributed by atoms with Gasteiger partial charge in [0, 0.05) is 25.6 Å². The lowest BCUT2D eigenvalue weighted by Crippen LogP contribution is -2.31. The van der Waals surface area contributed by atoms with Gasteiger partial charge < -0.3 is 10.6 Å². The van der Waals surface area contributed by atoms with Gasteiger partial charge >= 0.3 is 0 Å². The summed E-state index contributed by atoms with van der Waals surface area (Å²) in [6.45, 7) is 5.67. The van der Waals surface area contributed by atoms with Crippen molar-refractivity contribution in [1.82, 2.24) is 10.6 Å². The van der Waals surface area contributed by atoms with E-state index in [2.05, 4.69) is 17.2 Å². The van der Waals surface area contributed by atoms with Crippen molar-refractivity contribution in [1.29, 1.82) is 0 Å². The van der Waals surface area contributed by atoms with Crippen molar-refractivity contribution in [2.24, 2.45) is 11.8 Å². The monoisotopic (exact) mass is 166 g/mol. The number of fused-ring (bicyclic) bond motifs is 1. The van der Waals surface area contributed by atoms with Crippen molar-refractivity contribution in [3.05, 3.63) is 12.7 Å². The molecule has 1 saturated carbocycles. The molecule has 0 aromatic rings. The summed E-state index contributed by atoms with van der Waals surface area (Å²) < 4.78 is 0.